The molecule has 14 heavy (non-hydrogen) atoms. The van der Waals surface area contributed by atoms with Crippen LogP contribution < -0.4 is 5.73 Å². The highest BCUT2D eigenvalue weighted by molar-refractivity contribution is 5.72. The molecule has 0 unspecified atom stereocenters. The normalized spacial score (nSPS) is 10.4. The van der Waals surface area contributed by atoms with Crippen molar-refractivity contribution in [3.63, 3.8) is 0 Å². The molecule has 0 atom stereocenters. The van der Waals surface area contributed by atoms with Crippen molar-refractivity contribution in [1.82, 2.24) is 0 Å². The van der Waals surface area contributed by atoms with Gasteiger partial charge in [0, 0.05) is 17.7 Å². The highest BCUT2D eigenvalue weighted by atomic mass is 16.3. The van der Waals surface area contributed by atoms with Crippen molar-refractivity contribution in [2.45, 2.75) is 6.54 Å². The van der Waals surface area contributed by atoms with Crippen LogP contribution in [0.15, 0.2) is 41.2 Å². The van der Waals surface area contributed by atoms with E-state index in [4.69, 9.17) is 10.2 Å². The molecule has 0 fully saturated rings. The number of aromatic hydroxyl groups is 1. The predicted molar refractivity (Wildman–Crippen MR) is 53.7 cm³/mol. The standard InChI is InChI=1S/C11H11NO2/c12-6-8-2-1-3-10(13)11(8)9-4-5-14-7-9/h1-5,7,13H,6,12H2. The molecular weight excluding hydrogens is 178 g/mol. The van der Waals surface area contributed by atoms with Gasteiger partial charge in [-0.05, 0) is 17.7 Å². The van der Waals surface area contributed by atoms with E-state index in [-0.39, 0.29) is 5.75 Å². The summed E-state index contributed by atoms with van der Waals surface area (Å²) in [5, 5.41) is 9.70. The molecule has 72 valence electrons. The Morgan fingerprint density at radius 3 is 2.79 bits per heavy atom. The minimum Gasteiger partial charge on any atom is -0.507 e. The highest BCUT2D eigenvalue weighted by Gasteiger charge is 2.09. The average molecular weight is 189 g/mol. The Labute approximate surface area is 81.8 Å². The number of hydrogen-bond donors (Lipinski definition) is 2. The third-order valence-corrected chi connectivity index (χ3v) is 2.16. The number of hydrogen-bond acceptors (Lipinski definition) is 3. The van der Waals surface area contributed by atoms with Crippen LogP contribution in [-0.4, -0.2) is 5.11 Å². The molecule has 2 aromatic rings. The van der Waals surface area contributed by atoms with Crippen LogP contribution >= 0.6 is 0 Å². The first-order valence-electron chi connectivity index (χ1n) is 4.36. The summed E-state index contributed by atoms with van der Waals surface area (Å²) in [6.07, 6.45) is 3.16. The fourth-order valence-electron chi connectivity index (χ4n) is 1.50. The molecule has 0 spiro atoms. The second-order valence-electron chi connectivity index (χ2n) is 3.03. The summed E-state index contributed by atoms with van der Waals surface area (Å²) in [6, 6.07) is 7.11. The lowest BCUT2D eigenvalue weighted by Gasteiger charge is -2.07. The van der Waals surface area contributed by atoms with Crippen LogP contribution in [0.3, 0.4) is 0 Å². The van der Waals surface area contributed by atoms with E-state index in [1.165, 1.54) is 0 Å². The minimum atomic E-state index is 0.231. The Hall–Kier alpha value is -1.74. The van der Waals surface area contributed by atoms with Crippen LogP contribution in [0.25, 0.3) is 11.1 Å². The summed E-state index contributed by atoms with van der Waals surface area (Å²) in [7, 11) is 0. The van der Waals surface area contributed by atoms with Crippen LogP contribution in [0, 0.1) is 0 Å². The minimum absolute atomic E-state index is 0.231. The van der Waals surface area contributed by atoms with Gasteiger partial charge < -0.3 is 15.3 Å². The Bertz CT molecular complexity index is 421. The van der Waals surface area contributed by atoms with Crippen molar-refractivity contribution in [2.24, 2.45) is 5.73 Å². The summed E-state index contributed by atoms with van der Waals surface area (Å²) in [5.41, 5.74) is 8.10. The molecule has 1 aromatic carbocycles. The van der Waals surface area contributed by atoms with E-state index < -0.39 is 0 Å². The quantitative estimate of drug-likeness (QED) is 0.760. The number of benzene rings is 1. The van der Waals surface area contributed by atoms with E-state index in [0.29, 0.717) is 6.54 Å². The molecule has 0 aliphatic rings. The van der Waals surface area contributed by atoms with Crippen LogP contribution in [0.1, 0.15) is 5.56 Å². The summed E-state index contributed by atoms with van der Waals surface area (Å²) < 4.78 is 4.97. The summed E-state index contributed by atoms with van der Waals surface area (Å²) in [4.78, 5) is 0. The smallest absolute Gasteiger partial charge is 0.123 e. The molecule has 0 amide bonds. The molecule has 0 radical (unpaired) electrons. The molecule has 0 aliphatic heterocycles. The molecule has 0 saturated heterocycles. The molecule has 0 bridgehead atoms. The highest BCUT2D eigenvalue weighted by Crippen LogP contribution is 2.32. The van der Waals surface area contributed by atoms with Crippen molar-refractivity contribution < 1.29 is 9.52 Å². The van der Waals surface area contributed by atoms with Gasteiger partial charge in [0.1, 0.15) is 5.75 Å². The first-order chi connectivity index (χ1) is 6.83. The fraction of sp³-hybridized carbons (Fsp3) is 0.0909. The molecular formula is C11H11NO2. The number of rotatable bonds is 2. The Kier molecular flexibility index (Phi) is 2.24. The lowest BCUT2D eigenvalue weighted by Crippen LogP contribution is -1.98. The van der Waals surface area contributed by atoms with Crippen LogP contribution in [0.5, 0.6) is 5.75 Å². The first kappa shape index (κ1) is 8.84. The van der Waals surface area contributed by atoms with Gasteiger partial charge >= 0.3 is 0 Å². The summed E-state index contributed by atoms with van der Waals surface area (Å²) in [6.45, 7) is 0.398. The van der Waals surface area contributed by atoms with Crippen molar-refractivity contribution in [3.05, 3.63) is 42.4 Å². The molecule has 3 nitrogen and oxygen atoms in total. The fourth-order valence-corrected chi connectivity index (χ4v) is 1.50. The van der Waals surface area contributed by atoms with Crippen molar-refractivity contribution >= 4 is 0 Å². The SMILES string of the molecule is NCc1cccc(O)c1-c1ccoc1. The van der Waals surface area contributed by atoms with Crippen LogP contribution in [0.4, 0.5) is 0 Å². The van der Waals surface area contributed by atoms with Crippen molar-refractivity contribution in [3.8, 4) is 16.9 Å². The molecule has 3 N–H and O–H groups in total. The van der Waals surface area contributed by atoms with Gasteiger partial charge in [-0.15, -0.1) is 0 Å². The second kappa shape index (κ2) is 3.55. The number of nitrogens with two attached hydrogens (primary N) is 1. The summed E-state index contributed by atoms with van der Waals surface area (Å²) in [5.74, 6) is 0.231. The lowest BCUT2D eigenvalue weighted by molar-refractivity contribution is 0.476. The van der Waals surface area contributed by atoms with E-state index >= 15 is 0 Å². The van der Waals surface area contributed by atoms with E-state index in [9.17, 15) is 5.11 Å². The number of furan rings is 1. The van der Waals surface area contributed by atoms with Crippen molar-refractivity contribution in [2.75, 3.05) is 0 Å². The van der Waals surface area contributed by atoms with Gasteiger partial charge in [0.25, 0.3) is 0 Å². The van der Waals surface area contributed by atoms with Crippen LogP contribution in [-0.2, 0) is 6.54 Å². The molecule has 1 aromatic heterocycles. The first-order valence-corrected chi connectivity index (χ1v) is 4.36. The van der Waals surface area contributed by atoms with Gasteiger partial charge in [-0.2, -0.15) is 0 Å². The number of phenols is 1. The Morgan fingerprint density at radius 1 is 1.29 bits per heavy atom. The predicted octanol–water partition coefficient (Wildman–Crippen LogP) is 2.11. The lowest BCUT2D eigenvalue weighted by atomic mass is 10.0. The maximum Gasteiger partial charge on any atom is 0.123 e. The van der Waals surface area contributed by atoms with E-state index in [2.05, 4.69) is 0 Å². The topological polar surface area (TPSA) is 59.4 Å². The van der Waals surface area contributed by atoms with Gasteiger partial charge in [0.2, 0.25) is 0 Å². The van der Waals surface area contributed by atoms with Gasteiger partial charge in [-0.1, -0.05) is 12.1 Å². The van der Waals surface area contributed by atoms with Gasteiger partial charge in [-0.3, -0.25) is 0 Å². The average Bonchev–Trinajstić information content (AvgIpc) is 2.70. The van der Waals surface area contributed by atoms with E-state index in [1.807, 2.05) is 6.07 Å². The third-order valence-electron chi connectivity index (χ3n) is 2.16. The zero-order valence-corrected chi connectivity index (χ0v) is 7.60. The van der Waals surface area contributed by atoms with Crippen molar-refractivity contribution in [1.29, 1.82) is 0 Å². The third kappa shape index (κ3) is 1.38. The molecule has 1 heterocycles. The van der Waals surface area contributed by atoms with Crippen LogP contribution in [0.2, 0.25) is 0 Å². The maximum absolute atomic E-state index is 9.70. The summed E-state index contributed by atoms with van der Waals surface area (Å²) >= 11 is 0. The van der Waals surface area contributed by atoms with Gasteiger partial charge in [0.05, 0.1) is 12.5 Å². The number of phenolic OH excluding ortho intramolecular Hbond substituents is 1. The molecule has 2 rings (SSSR count). The Balaban J connectivity index is 2.61. The zero-order valence-electron chi connectivity index (χ0n) is 7.60. The largest absolute Gasteiger partial charge is 0.507 e. The molecule has 3 heteroatoms. The molecule has 0 saturated carbocycles. The van der Waals surface area contributed by atoms with Gasteiger partial charge in [0.15, 0.2) is 0 Å². The van der Waals surface area contributed by atoms with E-state index in [0.717, 1.165) is 16.7 Å². The monoisotopic (exact) mass is 189 g/mol. The maximum atomic E-state index is 9.70. The van der Waals surface area contributed by atoms with E-state index in [1.54, 1.807) is 30.7 Å². The zero-order chi connectivity index (χ0) is 9.97. The molecule has 0 aliphatic carbocycles. The second-order valence-corrected chi connectivity index (χ2v) is 3.03. The Morgan fingerprint density at radius 2 is 2.14 bits per heavy atom. The van der Waals surface area contributed by atoms with Gasteiger partial charge in [-0.25, -0.2) is 0 Å².